The van der Waals surface area contributed by atoms with Crippen LogP contribution in [-0.2, 0) is 19.2 Å². The number of carbonyl (C=O) groups excluding carboxylic acids is 6. The summed E-state index contributed by atoms with van der Waals surface area (Å²) < 4.78 is 5.52. The lowest BCUT2D eigenvalue weighted by Gasteiger charge is -2.27. The molecular weight excluding hydrogens is 406 g/mol. The van der Waals surface area contributed by atoms with Crippen molar-refractivity contribution in [2.45, 2.75) is 45.1 Å². The van der Waals surface area contributed by atoms with Gasteiger partial charge in [-0.2, -0.15) is 0 Å². The molecule has 2 N–H and O–H groups in total. The van der Waals surface area contributed by atoms with E-state index in [1.54, 1.807) is 6.92 Å². The average Bonchev–Trinajstić information content (AvgIpc) is 3.00. The number of hydrogen-bond donors (Lipinski definition) is 2. The summed E-state index contributed by atoms with van der Waals surface area (Å²) in [5.41, 5.74) is 0.0853. The van der Waals surface area contributed by atoms with Crippen LogP contribution in [-0.4, -0.2) is 59.4 Å². The molecule has 0 radical (unpaired) electrons. The molecule has 1 unspecified atom stereocenters. The Balaban J connectivity index is 1.64. The van der Waals surface area contributed by atoms with E-state index in [-0.39, 0.29) is 54.4 Å². The van der Waals surface area contributed by atoms with Gasteiger partial charge in [0.1, 0.15) is 18.4 Å². The van der Waals surface area contributed by atoms with Crippen LogP contribution in [0.1, 0.15) is 59.7 Å². The molecule has 2 aliphatic rings. The summed E-state index contributed by atoms with van der Waals surface area (Å²) >= 11 is 0. The SMILES string of the molecule is CCC(=O)NCCCC(=O)COc1cccc2c1C(=O)N(C1CCC(=O)NC1=O)C2=O. The van der Waals surface area contributed by atoms with Crippen LogP contribution in [0.2, 0.25) is 0 Å². The van der Waals surface area contributed by atoms with Crippen molar-refractivity contribution in [1.29, 1.82) is 0 Å². The second-order valence-electron chi connectivity index (χ2n) is 7.26. The van der Waals surface area contributed by atoms with Gasteiger partial charge in [0.2, 0.25) is 17.7 Å². The van der Waals surface area contributed by atoms with Gasteiger partial charge in [-0.3, -0.25) is 39.0 Å². The van der Waals surface area contributed by atoms with E-state index in [0.717, 1.165) is 4.90 Å². The van der Waals surface area contributed by atoms with Crippen LogP contribution < -0.4 is 15.4 Å². The maximum atomic E-state index is 12.9. The number of carbonyl (C=O) groups is 6. The van der Waals surface area contributed by atoms with E-state index >= 15 is 0 Å². The van der Waals surface area contributed by atoms with Gasteiger partial charge in [0.05, 0.1) is 11.1 Å². The number of fused-ring (bicyclic) bond motifs is 1. The first-order valence-electron chi connectivity index (χ1n) is 10.1. The lowest BCUT2D eigenvalue weighted by molar-refractivity contribution is -0.136. The van der Waals surface area contributed by atoms with Gasteiger partial charge in [0.15, 0.2) is 5.78 Å². The van der Waals surface area contributed by atoms with Crippen molar-refractivity contribution in [3.8, 4) is 5.75 Å². The minimum absolute atomic E-state index is 0.000194. The molecular formula is C21H23N3O7. The summed E-state index contributed by atoms with van der Waals surface area (Å²) in [4.78, 5) is 73.3. The van der Waals surface area contributed by atoms with E-state index in [1.807, 2.05) is 0 Å². The number of Topliss-reactive ketones (excluding diaryl/α,β-unsaturated/α-hetero) is 1. The van der Waals surface area contributed by atoms with Gasteiger partial charge in [0, 0.05) is 25.8 Å². The second-order valence-corrected chi connectivity index (χ2v) is 7.26. The minimum atomic E-state index is -1.07. The van der Waals surface area contributed by atoms with Crippen LogP contribution in [0.15, 0.2) is 18.2 Å². The van der Waals surface area contributed by atoms with Crippen LogP contribution in [0.3, 0.4) is 0 Å². The zero-order valence-corrected chi connectivity index (χ0v) is 17.1. The molecule has 164 valence electrons. The van der Waals surface area contributed by atoms with E-state index in [2.05, 4.69) is 10.6 Å². The molecule has 10 nitrogen and oxygen atoms in total. The smallest absolute Gasteiger partial charge is 0.266 e. The molecule has 0 spiro atoms. The van der Waals surface area contributed by atoms with Gasteiger partial charge in [-0.05, 0) is 25.0 Å². The standard InChI is InChI=1S/C21H23N3O7/c1-2-16(26)22-10-4-5-12(25)11-31-15-7-3-6-13-18(15)21(30)24(20(13)29)14-8-9-17(27)23-19(14)28/h3,6-7,14H,2,4-5,8-11H2,1H3,(H,22,26)(H,23,27,28). The summed E-state index contributed by atoms with van der Waals surface area (Å²) in [5, 5.41) is 4.81. The molecule has 0 bridgehead atoms. The van der Waals surface area contributed by atoms with E-state index in [0.29, 0.717) is 19.4 Å². The Morgan fingerprint density at radius 2 is 1.97 bits per heavy atom. The van der Waals surface area contributed by atoms with Crippen LogP contribution in [0.5, 0.6) is 5.75 Å². The minimum Gasteiger partial charge on any atom is -0.485 e. The van der Waals surface area contributed by atoms with Gasteiger partial charge >= 0.3 is 0 Å². The first-order chi connectivity index (χ1) is 14.8. The molecule has 1 atom stereocenters. The van der Waals surface area contributed by atoms with E-state index < -0.39 is 29.7 Å². The Morgan fingerprint density at radius 3 is 2.68 bits per heavy atom. The molecule has 10 heteroatoms. The third-order valence-corrected chi connectivity index (χ3v) is 5.09. The number of rotatable bonds is 9. The zero-order valence-electron chi connectivity index (χ0n) is 17.1. The number of hydrogen-bond acceptors (Lipinski definition) is 7. The summed E-state index contributed by atoms with van der Waals surface area (Å²) in [7, 11) is 0. The molecule has 0 aliphatic carbocycles. The van der Waals surface area contributed by atoms with Crippen molar-refractivity contribution >= 4 is 35.3 Å². The quantitative estimate of drug-likeness (QED) is 0.426. The summed E-state index contributed by atoms with van der Waals surface area (Å²) in [6, 6.07) is 3.38. The lowest BCUT2D eigenvalue weighted by Crippen LogP contribution is -2.54. The highest BCUT2D eigenvalue weighted by atomic mass is 16.5. The number of ketones is 1. The van der Waals surface area contributed by atoms with Crippen molar-refractivity contribution in [2.75, 3.05) is 13.2 Å². The van der Waals surface area contributed by atoms with Crippen LogP contribution in [0.4, 0.5) is 0 Å². The van der Waals surface area contributed by atoms with Gasteiger partial charge in [-0.1, -0.05) is 13.0 Å². The highest BCUT2D eigenvalue weighted by Gasteiger charge is 2.46. The van der Waals surface area contributed by atoms with Gasteiger partial charge in [0.25, 0.3) is 11.8 Å². The molecule has 5 amide bonds. The first-order valence-corrected chi connectivity index (χ1v) is 10.1. The van der Waals surface area contributed by atoms with Gasteiger partial charge in [-0.15, -0.1) is 0 Å². The van der Waals surface area contributed by atoms with Crippen molar-refractivity contribution in [3.63, 3.8) is 0 Å². The van der Waals surface area contributed by atoms with E-state index in [4.69, 9.17) is 4.74 Å². The summed E-state index contributed by atoms with van der Waals surface area (Å²) in [6.45, 7) is 1.82. The monoisotopic (exact) mass is 429 g/mol. The second kappa shape index (κ2) is 9.50. The molecule has 1 aromatic carbocycles. The zero-order chi connectivity index (χ0) is 22.5. The number of piperidine rings is 1. The third-order valence-electron chi connectivity index (χ3n) is 5.09. The molecule has 3 rings (SSSR count). The van der Waals surface area contributed by atoms with Crippen LogP contribution in [0.25, 0.3) is 0 Å². The van der Waals surface area contributed by atoms with Gasteiger partial charge < -0.3 is 10.1 Å². The number of nitrogens with zero attached hydrogens (tertiary/aromatic N) is 1. The highest BCUT2D eigenvalue weighted by Crippen LogP contribution is 2.33. The number of imide groups is 2. The third kappa shape index (κ3) is 4.79. The molecule has 2 heterocycles. The van der Waals surface area contributed by atoms with Gasteiger partial charge in [-0.25, -0.2) is 0 Å². The molecule has 0 aromatic heterocycles. The number of benzene rings is 1. The Hall–Kier alpha value is -3.56. The Morgan fingerprint density at radius 1 is 1.19 bits per heavy atom. The Bertz CT molecular complexity index is 956. The topological polar surface area (TPSA) is 139 Å². The fourth-order valence-electron chi connectivity index (χ4n) is 3.47. The van der Waals surface area contributed by atoms with Crippen LogP contribution in [0, 0.1) is 0 Å². The predicted molar refractivity (Wildman–Crippen MR) is 106 cm³/mol. The fraction of sp³-hybridized carbons (Fsp3) is 0.429. The highest BCUT2D eigenvalue weighted by molar-refractivity contribution is 6.24. The first kappa shape index (κ1) is 22.1. The molecule has 31 heavy (non-hydrogen) atoms. The Kier molecular flexibility index (Phi) is 6.78. The Labute approximate surface area is 178 Å². The molecule has 0 saturated carbocycles. The summed E-state index contributed by atoms with van der Waals surface area (Å²) in [6.07, 6.45) is 1.11. The van der Waals surface area contributed by atoms with E-state index in [1.165, 1.54) is 18.2 Å². The van der Waals surface area contributed by atoms with Crippen molar-refractivity contribution < 1.29 is 33.5 Å². The van der Waals surface area contributed by atoms with E-state index in [9.17, 15) is 28.8 Å². The fourth-order valence-corrected chi connectivity index (χ4v) is 3.47. The van der Waals surface area contributed by atoms with Crippen molar-refractivity contribution in [1.82, 2.24) is 15.5 Å². The lowest BCUT2D eigenvalue weighted by atomic mass is 10.0. The van der Waals surface area contributed by atoms with Crippen molar-refractivity contribution in [2.24, 2.45) is 0 Å². The molecule has 2 aliphatic heterocycles. The normalized spacial score (nSPS) is 18.0. The van der Waals surface area contributed by atoms with Crippen LogP contribution >= 0.6 is 0 Å². The number of amides is 5. The number of ether oxygens (including phenoxy) is 1. The average molecular weight is 429 g/mol. The molecule has 1 fully saturated rings. The van der Waals surface area contributed by atoms with Crippen molar-refractivity contribution in [3.05, 3.63) is 29.3 Å². The largest absolute Gasteiger partial charge is 0.485 e. The molecule has 1 saturated heterocycles. The maximum Gasteiger partial charge on any atom is 0.266 e. The maximum absolute atomic E-state index is 12.9. The summed E-state index contributed by atoms with van der Waals surface area (Å²) in [5.74, 6) is -2.71. The molecule has 1 aromatic rings. The predicted octanol–water partition coefficient (Wildman–Crippen LogP) is 0.342. The number of nitrogens with one attached hydrogen (secondary N) is 2.